The lowest BCUT2D eigenvalue weighted by Crippen LogP contribution is -2.47. The Morgan fingerprint density at radius 1 is 0.357 bits per heavy atom. The van der Waals surface area contributed by atoms with Gasteiger partial charge in [-0.05, 0) is 123 Å². The predicted molar refractivity (Wildman–Crippen MR) is 335 cm³/mol. The van der Waals surface area contributed by atoms with Crippen LogP contribution in [0.2, 0.25) is 0 Å². The molecule has 84 heavy (non-hydrogen) atoms. The summed E-state index contributed by atoms with van der Waals surface area (Å²) in [5.41, 5.74) is 9.26. The number of pyridine rings is 3. The summed E-state index contributed by atoms with van der Waals surface area (Å²) in [6.07, 6.45) is 21.0. The van der Waals surface area contributed by atoms with Gasteiger partial charge >= 0.3 is 0 Å². The number of nitrogens with zero attached hydrogens (tertiary/aromatic N) is 16. The Morgan fingerprint density at radius 2 is 0.893 bits per heavy atom. The first-order valence-electron chi connectivity index (χ1n) is 31.3. The van der Waals surface area contributed by atoms with Gasteiger partial charge < -0.3 is 29.4 Å². The summed E-state index contributed by atoms with van der Waals surface area (Å²) >= 11 is 0. The van der Waals surface area contributed by atoms with Crippen molar-refractivity contribution in [3.05, 3.63) is 162 Å². The molecule has 426 valence electrons. The molecular formula is C68H74N16. The number of hydrogen-bond acceptors (Lipinski definition) is 16. The smallest absolute Gasteiger partial charge is 0.150 e. The van der Waals surface area contributed by atoms with Crippen LogP contribution in [0.1, 0.15) is 103 Å². The lowest BCUT2D eigenvalue weighted by atomic mass is 9.84. The van der Waals surface area contributed by atoms with Crippen molar-refractivity contribution in [2.45, 2.75) is 81.6 Å². The van der Waals surface area contributed by atoms with Crippen LogP contribution in [0.4, 0.5) is 34.9 Å². The van der Waals surface area contributed by atoms with Gasteiger partial charge in [-0.1, -0.05) is 54.6 Å². The van der Waals surface area contributed by atoms with E-state index in [-0.39, 0.29) is 5.92 Å². The number of benzene rings is 3. The van der Waals surface area contributed by atoms with Gasteiger partial charge in [-0.2, -0.15) is 0 Å². The zero-order valence-electron chi connectivity index (χ0n) is 48.1. The first-order chi connectivity index (χ1) is 41.5. The van der Waals surface area contributed by atoms with Crippen molar-refractivity contribution in [3.63, 3.8) is 0 Å². The molecule has 0 spiro atoms. The fraction of sp³-hybridized carbons (Fsp3) is 0.426. The maximum absolute atomic E-state index is 5.47. The zero-order chi connectivity index (χ0) is 55.5. The minimum absolute atomic E-state index is 0.269. The van der Waals surface area contributed by atoms with Crippen molar-refractivity contribution < 1.29 is 0 Å². The minimum atomic E-state index is 0.269. The van der Waals surface area contributed by atoms with E-state index in [9.17, 15) is 0 Å². The summed E-state index contributed by atoms with van der Waals surface area (Å²) in [6, 6.07) is 34.9. The van der Waals surface area contributed by atoms with Crippen LogP contribution < -0.4 is 29.4 Å². The van der Waals surface area contributed by atoms with Crippen molar-refractivity contribution in [1.82, 2.24) is 49.8 Å². The Labute approximate surface area is 492 Å². The summed E-state index contributed by atoms with van der Waals surface area (Å²) in [5, 5.41) is 3.62. The number of aromatic nitrogens is 9. The maximum atomic E-state index is 5.47. The molecule has 0 amide bonds. The summed E-state index contributed by atoms with van der Waals surface area (Å²) in [7, 11) is 0. The summed E-state index contributed by atoms with van der Waals surface area (Å²) in [5.74, 6) is 9.32. The van der Waals surface area contributed by atoms with Crippen LogP contribution in [0, 0.1) is 11.8 Å². The van der Waals surface area contributed by atoms with Crippen LogP contribution in [-0.4, -0.2) is 141 Å². The number of rotatable bonds is 12. The van der Waals surface area contributed by atoms with Gasteiger partial charge in [-0.3, -0.25) is 19.9 Å². The highest BCUT2D eigenvalue weighted by atomic mass is 15.3. The highest BCUT2D eigenvalue weighted by Gasteiger charge is 2.40. The fourth-order valence-electron chi connectivity index (χ4n) is 15.2. The molecule has 0 N–H and O–H groups in total. The van der Waals surface area contributed by atoms with Crippen LogP contribution in [-0.2, 0) is 6.54 Å². The van der Waals surface area contributed by atoms with Crippen LogP contribution >= 0.6 is 0 Å². The molecule has 8 fully saturated rings. The lowest BCUT2D eigenvalue weighted by molar-refractivity contribution is 0.286. The van der Waals surface area contributed by atoms with Crippen LogP contribution in [0.25, 0.3) is 32.7 Å². The molecule has 7 aliphatic heterocycles. The van der Waals surface area contributed by atoms with Gasteiger partial charge in [0.2, 0.25) is 0 Å². The molecule has 9 aromatic rings. The van der Waals surface area contributed by atoms with Gasteiger partial charge in [0.05, 0.1) is 33.6 Å². The Balaban J connectivity index is 0.575. The van der Waals surface area contributed by atoms with Crippen molar-refractivity contribution in [3.8, 4) is 0 Å². The van der Waals surface area contributed by atoms with Gasteiger partial charge in [-0.25, -0.2) is 29.9 Å². The molecular weight excluding hydrogens is 1040 g/mol. The first-order valence-corrected chi connectivity index (χ1v) is 31.3. The van der Waals surface area contributed by atoms with E-state index in [4.69, 9.17) is 44.9 Å². The highest BCUT2D eigenvalue weighted by molar-refractivity contribution is 5.85. The summed E-state index contributed by atoms with van der Waals surface area (Å²) in [4.78, 5) is 63.6. The summed E-state index contributed by atoms with van der Waals surface area (Å²) < 4.78 is 0. The van der Waals surface area contributed by atoms with Crippen LogP contribution in [0.15, 0.2) is 134 Å². The van der Waals surface area contributed by atoms with E-state index in [1.54, 1.807) is 0 Å². The Bertz CT molecular complexity index is 3840. The molecule has 1 atom stereocenters. The molecule has 8 aliphatic rings. The van der Waals surface area contributed by atoms with Crippen LogP contribution in [0.3, 0.4) is 0 Å². The van der Waals surface area contributed by atoms with E-state index in [0.717, 1.165) is 199 Å². The number of para-hydroxylation sites is 3. The largest absolute Gasteiger partial charge is 0.355 e. The standard InChI is InChI=1S/C68H74N16/c1-4-13-57-49(9-1)20-21-60(75-57)81-40-52(41-81)63-67(73-27-24-70-63)80-31-8-29-78(33-34-80)39-51-36-61(76-59-15-6-3-12-55(51)59)82-42-53(43-82)62-66(72-26-23-69-62)79-30-7-11-48(22-32-79)56-35-50-10-2-5-14-58(50)77-65(56)84-44-54(45-84)64-68(74-28-25-71-64)83-37-46-16-17-47(38-83)19-18-46/h1-6,9-10,12-15,20-21,23-28,35-36,46-48,52-54H,7-8,11,16-19,22,29-34,37-45H2. The Kier molecular flexibility index (Phi) is 13.6. The van der Waals surface area contributed by atoms with E-state index in [2.05, 4.69) is 131 Å². The van der Waals surface area contributed by atoms with Gasteiger partial charge in [0.1, 0.15) is 17.5 Å². The molecule has 1 unspecified atom stereocenters. The van der Waals surface area contributed by atoms with Gasteiger partial charge in [-0.15, -0.1) is 0 Å². The normalized spacial score (nSPS) is 22.0. The Hall–Kier alpha value is -8.11. The lowest BCUT2D eigenvalue weighted by Gasteiger charge is -2.42. The molecule has 13 heterocycles. The third-order valence-electron chi connectivity index (χ3n) is 19.9. The average Bonchev–Trinajstić information content (AvgIpc) is 3.26. The molecule has 1 saturated carbocycles. The van der Waals surface area contributed by atoms with E-state index >= 15 is 0 Å². The number of fused-ring (bicyclic) bond motifs is 7. The minimum Gasteiger partial charge on any atom is -0.355 e. The van der Waals surface area contributed by atoms with Crippen molar-refractivity contribution >= 4 is 67.6 Å². The van der Waals surface area contributed by atoms with E-state index in [0.29, 0.717) is 17.8 Å². The molecule has 0 radical (unpaired) electrons. The second-order valence-electron chi connectivity index (χ2n) is 25.2. The van der Waals surface area contributed by atoms with Crippen LogP contribution in [0.5, 0.6) is 0 Å². The van der Waals surface area contributed by atoms with Gasteiger partial charge in [0.25, 0.3) is 0 Å². The topological polar surface area (TPSA) is 139 Å². The maximum Gasteiger partial charge on any atom is 0.150 e. The second-order valence-corrected chi connectivity index (χ2v) is 25.2. The molecule has 6 aromatic heterocycles. The summed E-state index contributed by atoms with van der Waals surface area (Å²) in [6.45, 7) is 14.2. The Morgan fingerprint density at radius 3 is 1.58 bits per heavy atom. The molecule has 3 aromatic carbocycles. The second kappa shape index (κ2) is 22.1. The third-order valence-corrected chi connectivity index (χ3v) is 19.9. The van der Waals surface area contributed by atoms with Crippen molar-refractivity contribution in [2.24, 2.45) is 11.8 Å². The van der Waals surface area contributed by atoms with E-state index < -0.39 is 0 Å². The molecule has 16 nitrogen and oxygen atoms in total. The first kappa shape index (κ1) is 51.5. The van der Waals surface area contributed by atoms with E-state index in [1.807, 2.05) is 37.2 Å². The third kappa shape index (κ3) is 9.92. The highest BCUT2D eigenvalue weighted by Crippen LogP contribution is 2.44. The van der Waals surface area contributed by atoms with Crippen molar-refractivity contribution in [2.75, 3.05) is 121 Å². The average molecular weight is 1120 g/mol. The van der Waals surface area contributed by atoms with E-state index in [1.165, 1.54) is 58.7 Å². The molecule has 7 saturated heterocycles. The fourth-order valence-corrected chi connectivity index (χ4v) is 15.2. The monoisotopic (exact) mass is 1110 g/mol. The molecule has 16 heteroatoms. The number of hydrogen-bond donors (Lipinski definition) is 0. The quantitative estimate of drug-likeness (QED) is 0.115. The van der Waals surface area contributed by atoms with Crippen molar-refractivity contribution in [1.29, 1.82) is 0 Å². The molecule has 1 aliphatic carbocycles. The number of anilines is 6. The SMILES string of the molecule is c1ccc2nc(N3CC(c4nccnc4N4CCCN(Cc5cc(N6CC(c7nccnc7N7CCCC(c8cc9ccccc9nc8N8CC(c9nccnc9N9CC%10CCC(CC%10)C9)C8)CC7)C6)nc6ccccc56)CC4)C3)ccc2c1. The van der Waals surface area contributed by atoms with Gasteiger partial charge in [0.15, 0.2) is 17.5 Å². The zero-order valence-corrected chi connectivity index (χ0v) is 48.1. The molecule has 2 bridgehead atoms. The van der Waals surface area contributed by atoms with Gasteiger partial charge in [0, 0.05) is 169 Å². The predicted octanol–water partition coefficient (Wildman–Crippen LogP) is 10.6. The molecule has 17 rings (SSSR count).